The van der Waals surface area contributed by atoms with Gasteiger partial charge in [0.05, 0.1) is 5.52 Å². The van der Waals surface area contributed by atoms with E-state index in [0.29, 0.717) is 5.17 Å². The maximum Gasteiger partial charge on any atom is 0.202 e. The second kappa shape index (κ2) is 5.51. The fourth-order valence-corrected chi connectivity index (χ4v) is 2.47. The summed E-state index contributed by atoms with van der Waals surface area (Å²) < 4.78 is 0.957. The second-order valence-corrected chi connectivity index (χ2v) is 5.34. The molecule has 0 saturated heterocycles. The summed E-state index contributed by atoms with van der Waals surface area (Å²) in [5.41, 5.74) is 0.853. The van der Waals surface area contributed by atoms with Crippen LogP contribution in [0.15, 0.2) is 39.1 Å². The number of nitrogens with zero attached hydrogens (tertiary/aromatic N) is 4. The fraction of sp³-hybridized carbons (Fsp3) is 0.100. The van der Waals surface area contributed by atoms with Crippen LogP contribution in [0.25, 0.3) is 10.9 Å². The van der Waals surface area contributed by atoms with Gasteiger partial charge in [-0.1, -0.05) is 15.9 Å². The van der Waals surface area contributed by atoms with Crippen LogP contribution < -0.4 is 11.7 Å². The fourth-order valence-electron chi connectivity index (χ4n) is 1.36. The molecule has 18 heavy (non-hydrogen) atoms. The predicted molar refractivity (Wildman–Crippen MR) is 76.7 cm³/mol. The average Bonchev–Trinajstić information content (AvgIpc) is 2.35. The van der Waals surface area contributed by atoms with Crippen LogP contribution in [0, 0.1) is 0 Å². The lowest BCUT2D eigenvalue weighted by Gasteiger charge is -2.13. The highest BCUT2D eigenvalue weighted by atomic mass is 79.9. The largest absolute Gasteiger partial charge is 0.321 e. The molecule has 2 rings (SSSR count). The van der Waals surface area contributed by atoms with Gasteiger partial charge in [-0.3, -0.25) is 5.01 Å². The maximum absolute atomic E-state index is 5.62. The average molecular weight is 327 g/mol. The molecule has 1 heterocycles. The van der Waals surface area contributed by atoms with Crippen molar-refractivity contribution in [3.05, 3.63) is 29.0 Å². The SMILES string of the molecule is CN(N)/C(=N\N)Sc1ncnc2ccc(Br)cc12. The first kappa shape index (κ1) is 13.1. The molecule has 0 aliphatic carbocycles. The molecular weight excluding hydrogens is 316 g/mol. The number of hydrogen-bond acceptors (Lipinski definition) is 6. The van der Waals surface area contributed by atoms with E-state index in [1.165, 1.54) is 23.1 Å². The summed E-state index contributed by atoms with van der Waals surface area (Å²) in [6.45, 7) is 0. The van der Waals surface area contributed by atoms with E-state index >= 15 is 0 Å². The van der Waals surface area contributed by atoms with Crippen LogP contribution in [-0.4, -0.2) is 27.2 Å². The summed E-state index contributed by atoms with van der Waals surface area (Å²) in [6.07, 6.45) is 1.50. The monoisotopic (exact) mass is 326 g/mol. The molecule has 6 nitrogen and oxygen atoms in total. The van der Waals surface area contributed by atoms with Crippen LogP contribution in [0.1, 0.15) is 0 Å². The van der Waals surface area contributed by atoms with Gasteiger partial charge in [-0.25, -0.2) is 15.8 Å². The number of benzene rings is 1. The van der Waals surface area contributed by atoms with E-state index in [9.17, 15) is 0 Å². The predicted octanol–water partition coefficient (Wildman–Crippen LogP) is 1.52. The molecule has 1 aromatic heterocycles. The number of hydrogen-bond donors (Lipinski definition) is 2. The highest BCUT2D eigenvalue weighted by Gasteiger charge is 2.11. The van der Waals surface area contributed by atoms with Crippen LogP contribution in [-0.2, 0) is 0 Å². The van der Waals surface area contributed by atoms with Crippen molar-refractivity contribution >= 4 is 43.8 Å². The molecule has 4 N–H and O–H groups in total. The van der Waals surface area contributed by atoms with Crippen LogP contribution >= 0.6 is 27.7 Å². The van der Waals surface area contributed by atoms with Crippen LogP contribution in [0.3, 0.4) is 0 Å². The van der Waals surface area contributed by atoms with Gasteiger partial charge < -0.3 is 5.84 Å². The number of nitrogens with two attached hydrogens (primary N) is 2. The molecule has 0 radical (unpaired) electrons. The van der Waals surface area contributed by atoms with Gasteiger partial charge >= 0.3 is 0 Å². The quantitative estimate of drug-likeness (QED) is 0.206. The molecule has 8 heteroatoms. The van der Waals surface area contributed by atoms with Crippen molar-refractivity contribution in [1.82, 2.24) is 15.0 Å². The van der Waals surface area contributed by atoms with Crippen molar-refractivity contribution in [2.24, 2.45) is 16.8 Å². The summed E-state index contributed by atoms with van der Waals surface area (Å²) in [5, 5.41) is 7.10. The van der Waals surface area contributed by atoms with E-state index in [1.807, 2.05) is 18.2 Å². The van der Waals surface area contributed by atoms with Gasteiger partial charge in [-0.15, -0.1) is 0 Å². The number of amidine groups is 1. The Morgan fingerprint density at radius 1 is 1.44 bits per heavy atom. The maximum atomic E-state index is 5.62. The first-order valence-corrected chi connectivity index (χ1v) is 6.57. The molecule has 94 valence electrons. The van der Waals surface area contributed by atoms with Crippen LogP contribution in [0.4, 0.5) is 0 Å². The third-order valence-electron chi connectivity index (χ3n) is 2.16. The Hall–Kier alpha value is -1.38. The molecule has 1 aromatic carbocycles. The van der Waals surface area contributed by atoms with Gasteiger partial charge in [0.25, 0.3) is 0 Å². The topological polar surface area (TPSA) is 93.4 Å². The van der Waals surface area contributed by atoms with E-state index in [-0.39, 0.29) is 0 Å². The molecule has 2 aromatic rings. The third kappa shape index (κ3) is 2.71. The zero-order valence-corrected chi connectivity index (χ0v) is 11.9. The minimum Gasteiger partial charge on any atom is -0.321 e. The summed E-state index contributed by atoms with van der Waals surface area (Å²) in [5.74, 6) is 10.9. The Bertz CT molecular complexity index is 600. The van der Waals surface area contributed by atoms with Crippen LogP contribution in [0.5, 0.6) is 0 Å². The van der Waals surface area contributed by atoms with Gasteiger partial charge in [0.1, 0.15) is 11.4 Å². The molecule has 0 aliphatic rings. The zero-order valence-electron chi connectivity index (χ0n) is 9.54. The summed E-state index contributed by atoms with van der Waals surface area (Å²) in [7, 11) is 1.66. The van der Waals surface area contributed by atoms with E-state index in [2.05, 4.69) is 31.0 Å². The van der Waals surface area contributed by atoms with Crippen molar-refractivity contribution < 1.29 is 0 Å². The van der Waals surface area contributed by atoms with E-state index in [1.54, 1.807) is 7.05 Å². The standard InChI is InChI=1S/C10H11BrN6S/c1-17(13)10(16-12)18-9-7-4-6(11)2-3-8(7)14-5-15-9/h2-5H,12-13H2,1H3/b16-10+. The zero-order chi connectivity index (χ0) is 13.1. The molecule has 0 saturated carbocycles. The highest BCUT2D eigenvalue weighted by Crippen LogP contribution is 2.27. The second-order valence-electron chi connectivity index (χ2n) is 3.46. The molecule has 0 fully saturated rings. The minimum absolute atomic E-state index is 0.468. The van der Waals surface area contributed by atoms with Crippen molar-refractivity contribution in [3.63, 3.8) is 0 Å². The van der Waals surface area contributed by atoms with Gasteiger partial charge in [0.2, 0.25) is 5.17 Å². The van der Waals surface area contributed by atoms with Gasteiger partial charge in [0, 0.05) is 16.9 Å². The molecule has 0 spiro atoms. The molecule has 0 unspecified atom stereocenters. The number of fused-ring (bicyclic) bond motifs is 1. The number of hydrazone groups is 1. The number of aromatic nitrogens is 2. The van der Waals surface area contributed by atoms with E-state index in [4.69, 9.17) is 11.7 Å². The van der Waals surface area contributed by atoms with Crippen molar-refractivity contribution in [3.8, 4) is 0 Å². The summed E-state index contributed by atoms with van der Waals surface area (Å²) in [6, 6.07) is 5.79. The number of hydrazine groups is 1. The molecule has 0 aliphatic heterocycles. The Labute approximate surface area is 117 Å². The Balaban J connectivity index is 2.48. The molecule has 0 amide bonds. The lowest BCUT2D eigenvalue weighted by molar-refractivity contribution is 0.548. The summed E-state index contributed by atoms with van der Waals surface area (Å²) >= 11 is 4.71. The third-order valence-corrected chi connectivity index (χ3v) is 3.75. The smallest absolute Gasteiger partial charge is 0.202 e. The highest BCUT2D eigenvalue weighted by molar-refractivity contribution is 9.10. The molecule has 0 atom stereocenters. The lowest BCUT2D eigenvalue weighted by Crippen LogP contribution is -2.31. The Morgan fingerprint density at radius 3 is 2.89 bits per heavy atom. The lowest BCUT2D eigenvalue weighted by atomic mass is 10.2. The molecular formula is C10H11BrN6S. The number of thioether (sulfide) groups is 1. The minimum atomic E-state index is 0.468. The van der Waals surface area contributed by atoms with Crippen LogP contribution in [0.2, 0.25) is 0 Å². The van der Waals surface area contributed by atoms with Gasteiger partial charge in [-0.2, -0.15) is 5.10 Å². The van der Waals surface area contributed by atoms with Crippen molar-refractivity contribution in [2.75, 3.05) is 7.05 Å². The molecule has 0 bridgehead atoms. The van der Waals surface area contributed by atoms with Gasteiger partial charge in [0.15, 0.2) is 0 Å². The number of halogens is 1. The first-order chi connectivity index (χ1) is 8.61. The first-order valence-electron chi connectivity index (χ1n) is 4.96. The van der Waals surface area contributed by atoms with E-state index in [0.717, 1.165) is 20.4 Å². The van der Waals surface area contributed by atoms with E-state index < -0.39 is 0 Å². The Morgan fingerprint density at radius 2 is 2.22 bits per heavy atom. The van der Waals surface area contributed by atoms with Crippen molar-refractivity contribution in [1.29, 1.82) is 0 Å². The van der Waals surface area contributed by atoms with Gasteiger partial charge in [-0.05, 0) is 30.0 Å². The van der Waals surface area contributed by atoms with Crippen molar-refractivity contribution in [2.45, 2.75) is 5.03 Å². The summed E-state index contributed by atoms with van der Waals surface area (Å²) in [4.78, 5) is 8.43. The Kier molecular flexibility index (Phi) is 4.00. The number of rotatable bonds is 1. The normalized spacial score (nSPS) is 11.8.